The summed E-state index contributed by atoms with van der Waals surface area (Å²) in [5, 5.41) is 4.54. The van der Waals surface area contributed by atoms with E-state index in [2.05, 4.69) is 10.1 Å². The number of nitrogens with zero attached hydrogens (tertiary/aromatic N) is 3. The molecule has 0 amide bonds. The van der Waals surface area contributed by atoms with E-state index in [1.165, 1.54) is 4.52 Å². The van der Waals surface area contributed by atoms with Crippen LogP contribution >= 0.6 is 11.6 Å². The van der Waals surface area contributed by atoms with Crippen LogP contribution < -0.4 is 9.47 Å². The number of imidazole rings is 1. The minimum atomic E-state index is 0.292. The van der Waals surface area contributed by atoms with Crippen LogP contribution in [0.15, 0.2) is 42.6 Å². The van der Waals surface area contributed by atoms with E-state index in [9.17, 15) is 0 Å². The highest BCUT2D eigenvalue weighted by atomic mass is 35.5. The predicted molar refractivity (Wildman–Crippen MR) is 71.1 cm³/mol. The van der Waals surface area contributed by atoms with Crippen molar-refractivity contribution in [2.75, 3.05) is 7.11 Å². The maximum Gasteiger partial charge on any atom is 0.237 e. The standard InChI is InChI=1S/C13H10ClN3O2/c1-18-10-4-2-3-5-11(10)19-12-7-6-9-8-15-13(14)17(9)16-12/h2-8H,1H3. The van der Waals surface area contributed by atoms with Gasteiger partial charge in [0.05, 0.1) is 18.8 Å². The topological polar surface area (TPSA) is 48.7 Å². The molecule has 0 saturated heterocycles. The fraction of sp³-hybridized carbons (Fsp3) is 0.0769. The largest absolute Gasteiger partial charge is 0.493 e. The van der Waals surface area contributed by atoms with Crippen molar-refractivity contribution in [3.05, 3.63) is 47.9 Å². The Hall–Kier alpha value is -2.27. The Kier molecular flexibility index (Phi) is 2.97. The Balaban J connectivity index is 1.98. The lowest BCUT2D eigenvalue weighted by molar-refractivity contribution is 0.372. The lowest BCUT2D eigenvalue weighted by atomic mass is 10.3. The number of para-hydroxylation sites is 2. The van der Waals surface area contributed by atoms with Crippen molar-refractivity contribution in [1.29, 1.82) is 0 Å². The molecule has 0 saturated carbocycles. The molecular weight excluding hydrogens is 266 g/mol. The van der Waals surface area contributed by atoms with E-state index in [-0.39, 0.29) is 0 Å². The summed E-state index contributed by atoms with van der Waals surface area (Å²) in [6.45, 7) is 0. The first-order chi connectivity index (χ1) is 9.28. The molecule has 2 aromatic heterocycles. The maximum atomic E-state index is 5.92. The Morgan fingerprint density at radius 1 is 1.11 bits per heavy atom. The Labute approximate surface area is 114 Å². The van der Waals surface area contributed by atoms with Crippen molar-refractivity contribution in [2.24, 2.45) is 0 Å². The molecular formula is C13H10ClN3O2. The van der Waals surface area contributed by atoms with Crippen LogP contribution in [0.25, 0.3) is 5.52 Å². The van der Waals surface area contributed by atoms with Crippen LogP contribution in [0.5, 0.6) is 17.4 Å². The quantitative estimate of drug-likeness (QED) is 0.736. The summed E-state index contributed by atoms with van der Waals surface area (Å²) in [5.74, 6) is 1.64. The molecule has 1 aromatic carbocycles. The van der Waals surface area contributed by atoms with Gasteiger partial charge in [-0.3, -0.25) is 0 Å². The van der Waals surface area contributed by atoms with Gasteiger partial charge >= 0.3 is 0 Å². The van der Waals surface area contributed by atoms with Gasteiger partial charge < -0.3 is 9.47 Å². The lowest BCUT2D eigenvalue weighted by Gasteiger charge is -2.09. The molecule has 6 heteroatoms. The molecule has 96 valence electrons. The molecule has 0 aliphatic carbocycles. The van der Waals surface area contributed by atoms with Gasteiger partial charge in [-0.15, -0.1) is 5.10 Å². The molecule has 0 atom stereocenters. The zero-order chi connectivity index (χ0) is 13.2. The van der Waals surface area contributed by atoms with Crippen LogP contribution in [-0.4, -0.2) is 21.7 Å². The van der Waals surface area contributed by atoms with E-state index in [0.29, 0.717) is 22.7 Å². The van der Waals surface area contributed by atoms with Crippen molar-refractivity contribution in [1.82, 2.24) is 14.6 Å². The molecule has 5 nitrogen and oxygen atoms in total. The summed E-state index contributed by atoms with van der Waals surface area (Å²) < 4.78 is 12.4. The minimum Gasteiger partial charge on any atom is -0.493 e. The third-order valence-electron chi connectivity index (χ3n) is 2.60. The summed E-state index contributed by atoms with van der Waals surface area (Å²) in [7, 11) is 1.59. The Morgan fingerprint density at radius 3 is 2.68 bits per heavy atom. The third-order valence-corrected chi connectivity index (χ3v) is 2.86. The van der Waals surface area contributed by atoms with Crippen LogP contribution in [0.3, 0.4) is 0 Å². The third kappa shape index (κ3) is 2.20. The second-order valence-corrected chi connectivity index (χ2v) is 4.13. The lowest BCUT2D eigenvalue weighted by Crippen LogP contribution is -1.96. The van der Waals surface area contributed by atoms with E-state index in [1.54, 1.807) is 25.4 Å². The summed E-state index contributed by atoms with van der Waals surface area (Å²) in [5.41, 5.74) is 0.803. The second-order valence-electron chi connectivity index (χ2n) is 3.79. The normalized spacial score (nSPS) is 10.6. The highest BCUT2D eigenvalue weighted by molar-refractivity contribution is 6.28. The van der Waals surface area contributed by atoms with Crippen LogP contribution in [0.4, 0.5) is 0 Å². The van der Waals surface area contributed by atoms with Crippen molar-refractivity contribution in [3.8, 4) is 17.4 Å². The first-order valence-electron chi connectivity index (χ1n) is 5.59. The minimum absolute atomic E-state index is 0.292. The van der Waals surface area contributed by atoms with Gasteiger partial charge in [0.1, 0.15) is 0 Å². The van der Waals surface area contributed by atoms with Crippen molar-refractivity contribution in [2.45, 2.75) is 0 Å². The number of rotatable bonds is 3. The molecule has 0 unspecified atom stereocenters. The average molecular weight is 276 g/mol. The van der Waals surface area contributed by atoms with Gasteiger partial charge in [-0.25, -0.2) is 4.98 Å². The predicted octanol–water partition coefficient (Wildman–Crippen LogP) is 3.18. The number of hydrogen-bond acceptors (Lipinski definition) is 4. The molecule has 0 aliphatic heterocycles. The number of aromatic nitrogens is 3. The number of benzene rings is 1. The summed E-state index contributed by atoms with van der Waals surface area (Å²) in [6, 6.07) is 10.9. The summed E-state index contributed by atoms with van der Waals surface area (Å²) in [6.07, 6.45) is 1.64. The van der Waals surface area contributed by atoms with Crippen molar-refractivity contribution < 1.29 is 9.47 Å². The first-order valence-corrected chi connectivity index (χ1v) is 5.97. The van der Waals surface area contributed by atoms with E-state index < -0.39 is 0 Å². The van der Waals surface area contributed by atoms with Gasteiger partial charge in [0.25, 0.3) is 0 Å². The molecule has 0 N–H and O–H groups in total. The smallest absolute Gasteiger partial charge is 0.237 e. The molecule has 0 bridgehead atoms. The van der Waals surface area contributed by atoms with Crippen LogP contribution in [0, 0.1) is 0 Å². The second kappa shape index (κ2) is 4.78. The Morgan fingerprint density at radius 2 is 1.89 bits per heavy atom. The van der Waals surface area contributed by atoms with Gasteiger partial charge in [0, 0.05) is 6.07 Å². The maximum absolute atomic E-state index is 5.92. The molecule has 19 heavy (non-hydrogen) atoms. The number of hydrogen-bond donors (Lipinski definition) is 0. The van der Waals surface area contributed by atoms with Crippen LogP contribution in [0.2, 0.25) is 5.28 Å². The van der Waals surface area contributed by atoms with Crippen LogP contribution in [0.1, 0.15) is 0 Å². The van der Waals surface area contributed by atoms with Gasteiger partial charge in [-0.2, -0.15) is 4.52 Å². The fourth-order valence-electron chi connectivity index (χ4n) is 1.71. The van der Waals surface area contributed by atoms with Crippen molar-refractivity contribution >= 4 is 17.1 Å². The highest BCUT2D eigenvalue weighted by Crippen LogP contribution is 2.30. The number of methoxy groups -OCH3 is 1. The van der Waals surface area contributed by atoms with Crippen molar-refractivity contribution in [3.63, 3.8) is 0 Å². The first kappa shape index (κ1) is 11.8. The molecule has 2 heterocycles. The summed E-state index contributed by atoms with van der Waals surface area (Å²) >= 11 is 5.92. The molecule has 3 rings (SSSR count). The monoisotopic (exact) mass is 275 g/mol. The molecule has 0 radical (unpaired) electrons. The zero-order valence-corrected chi connectivity index (χ0v) is 10.8. The average Bonchev–Trinajstić information content (AvgIpc) is 2.81. The SMILES string of the molecule is COc1ccccc1Oc1ccc2cnc(Cl)n2n1. The van der Waals surface area contributed by atoms with E-state index in [4.69, 9.17) is 21.1 Å². The zero-order valence-electron chi connectivity index (χ0n) is 10.1. The molecule has 3 aromatic rings. The van der Waals surface area contributed by atoms with Crippen LogP contribution in [-0.2, 0) is 0 Å². The number of fused-ring (bicyclic) bond motifs is 1. The number of ether oxygens (including phenoxy) is 2. The fourth-order valence-corrected chi connectivity index (χ4v) is 1.89. The van der Waals surface area contributed by atoms with E-state index in [1.807, 2.05) is 24.3 Å². The highest BCUT2D eigenvalue weighted by Gasteiger charge is 2.07. The molecule has 0 aliphatic rings. The van der Waals surface area contributed by atoms with Gasteiger partial charge in [-0.1, -0.05) is 12.1 Å². The Bertz CT molecular complexity index is 727. The van der Waals surface area contributed by atoms with Gasteiger partial charge in [-0.05, 0) is 29.8 Å². The number of halogens is 1. The van der Waals surface area contributed by atoms with Gasteiger partial charge in [0.2, 0.25) is 11.2 Å². The van der Waals surface area contributed by atoms with E-state index in [0.717, 1.165) is 5.52 Å². The van der Waals surface area contributed by atoms with Gasteiger partial charge in [0.15, 0.2) is 11.5 Å². The summed E-state index contributed by atoms with van der Waals surface area (Å²) in [4.78, 5) is 3.96. The van der Waals surface area contributed by atoms with E-state index >= 15 is 0 Å². The molecule has 0 spiro atoms. The molecule has 0 fully saturated rings.